The van der Waals surface area contributed by atoms with Crippen LogP contribution in [0, 0.1) is 0 Å². The fraction of sp³-hybridized carbons (Fsp3) is 0.364. The summed E-state index contributed by atoms with van der Waals surface area (Å²) in [6.07, 6.45) is 6.34. The molecule has 0 aliphatic carbocycles. The minimum Gasteiger partial charge on any atom is -0.315 e. The van der Waals surface area contributed by atoms with Crippen LogP contribution in [0.5, 0.6) is 0 Å². The highest BCUT2D eigenvalue weighted by Gasteiger charge is 2.31. The maximum Gasteiger partial charge on any atom is 0.278 e. The van der Waals surface area contributed by atoms with E-state index in [-0.39, 0.29) is 17.3 Å². The Morgan fingerprint density at radius 1 is 1.31 bits per heavy atom. The number of nitrogens with zero attached hydrogens (tertiary/aromatic N) is 4. The molecule has 3 aromatic heterocycles. The zero-order valence-electron chi connectivity index (χ0n) is 17.5. The average Bonchev–Trinajstić information content (AvgIpc) is 3.47. The molecule has 5 heterocycles. The van der Waals surface area contributed by atoms with Crippen molar-refractivity contribution in [1.82, 2.24) is 20.7 Å². The van der Waals surface area contributed by atoms with E-state index in [4.69, 9.17) is 11.6 Å². The number of anilines is 1. The molecule has 2 atom stereocenters. The number of aromatic nitrogens is 2. The van der Waals surface area contributed by atoms with Gasteiger partial charge in [0.25, 0.3) is 5.91 Å². The number of pyridine rings is 2. The summed E-state index contributed by atoms with van der Waals surface area (Å²) < 4.78 is 1.01. The second-order valence-corrected chi connectivity index (χ2v) is 10.3. The second-order valence-electron chi connectivity index (χ2n) is 7.76. The van der Waals surface area contributed by atoms with Gasteiger partial charge in [-0.25, -0.2) is 4.98 Å². The minimum atomic E-state index is -0.168. The van der Waals surface area contributed by atoms with Gasteiger partial charge in [-0.3, -0.25) is 20.1 Å². The molecule has 1 saturated heterocycles. The van der Waals surface area contributed by atoms with Crippen LogP contribution in [0.2, 0.25) is 5.02 Å². The molecule has 5 rings (SSSR count). The summed E-state index contributed by atoms with van der Waals surface area (Å²) in [5, 5.41) is 12.3. The maximum absolute atomic E-state index is 13.8. The highest BCUT2D eigenvalue weighted by atomic mass is 35.5. The van der Waals surface area contributed by atoms with Crippen molar-refractivity contribution < 1.29 is 4.79 Å². The van der Waals surface area contributed by atoms with E-state index in [0.29, 0.717) is 23.1 Å². The first kappa shape index (κ1) is 21.6. The van der Waals surface area contributed by atoms with Crippen LogP contribution in [-0.4, -0.2) is 45.4 Å². The highest BCUT2D eigenvalue weighted by molar-refractivity contribution is 8.15. The Labute approximate surface area is 199 Å². The van der Waals surface area contributed by atoms with E-state index in [2.05, 4.69) is 32.7 Å². The van der Waals surface area contributed by atoms with Gasteiger partial charge in [0, 0.05) is 34.6 Å². The Balaban J connectivity index is 1.49. The predicted molar refractivity (Wildman–Crippen MR) is 133 cm³/mol. The first-order valence-corrected chi connectivity index (χ1v) is 12.8. The van der Waals surface area contributed by atoms with Crippen molar-refractivity contribution in [3.63, 3.8) is 0 Å². The summed E-state index contributed by atoms with van der Waals surface area (Å²) in [6, 6.07) is 5.60. The lowest BCUT2D eigenvalue weighted by Crippen LogP contribution is -2.49. The van der Waals surface area contributed by atoms with Crippen molar-refractivity contribution in [2.75, 3.05) is 18.0 Å². The Bertz CT molecular complexity index is 1160. The molecule has 1 unspecified atom stereocenters. The third-order valence-corrected chi connectivity index (χ3v) is 8.32. The Kier molecular flexibility index (Phi) is 6.32. The summed E-state index contributed by atoms with van der Waals surface area (Å²) in [6.45, 7) is 3.78. The lowest BCUT2D eigenvalue weighted by atomic mass is 10.0. The number of carbonyl (C=O) groups excluding carboxylic acids is 1. The molecule has 1 fully saturated rings. The van der Waals surface area contributed by atoms with Crippen LogP contribution in [0.25, 0.3) is 10.1 Å². The fourth-order valence-corrected chi connectivity index (χ4v) is 6.08. The lowest BCUT2D eigenvalue weighted by molar-refractivity contribution is 0.0967. The van der Waals surface area contributed by atoms with Gasteiger partial charge in [0.15, 0.2) is 0 Å². The quantitative estimate of drug-likeness (QED) is 0.553. The van der Waals surface area contributed by atoms with Crippen molar-refractivity contribution in [1.29, 1.82) is 0 Å². The van der Waals surface area contributed by atoms with Crippen molar-refractivity contribution in [2.45, 2.75) is 37.6 Å². The molecule has 0 radical (unpaired) electrons. The van der Waals surface area contributed by atoms with Crippen LogP contribution in [-0.2, 0) is 0 Å². The molecular weight excluding hydrogens is 464 g/mol. The number of amides is 1. The van der Waals surface area contributed by atoms with E-state index >= 15 is 0 Å². The normalized spacial score (nSPS) is 20.8. The van der Waals surface area contributed by atoms with Crippen LogP contribution in [0.3, 0.4) is 0 Å². The predicted octanol–water partition coefficient (Wildman–Crippen LogP) is 4.48. The van der Waals surface area contributed by atoms with Gasteiger partial charge in [-0.05, 0) is 44.0 Å². The molecule has 0 saturated carbocycles. The SMILES string of the molecule is CCC1NN=C(c2ccc(C(=O)N(c3nccc4scc(Cl)c34)[C@@H]3CCCNC3)nc2)S1. The standard InChI is InChI=1S/C22H23ClN6OS2/c1-2-18-27-28-21(32-18)13-5-6-16(26-10-13)22(30)29(14-4-3-8-24-11-14)20-19-15(23)12-31-17(19)7-9-25-20/h5-7,9-10,12,14,18,24,27H,2-4,8,11H2,1H3/t14-,18?/m1/s1. The molecule has 0 bridgehead atoms. The summed E-state index contributed by atoms with van der Waals surface area (Å²) in [7, 11) is 0. The molecule has 3 aromatic rings. The number of nitrogens with one attached hydrogen (secondary N) is 2. The number of rotatable bonds is 5. The van der Waals surface area contributed by atoms with E-state index in [1.54, 1.807) is 46.5 Å². The lowest BCUT2D eigenvalue weighted by Gasteiger charge is -2.34. The van der Waals surface area contributed by atoms with Crippen molar-refractivity contribution in [3.8, 4) is 0 Å². The van der Waals surface area contributed by atoms with E-state index in [0.717, 1.165) is 46.5 Å². The first-order valence-electron chi connectivity index (χ1n) is 10.7. The Morgan fingerprint density at radius 2 is 2.22 bits per heavy atom. The number of carbonyl (C=O) groups is 1. The monoisotopic (exact) mass is 486 g/mol. The van der Waals surface area contributed by atoms with Crippen LogP contribution in [0.1, 0.15) is 42.2 Å². The van der Waals surface area contributed by atoms with Gasteiger partial charge in [0.2, 0.25) is 0 Å². The van der Waals surface area contributed by atoms with Crippen molar-refractivity contribution in [2.24, 2.45) is 5.10 Å². The molecule has 2 aliphatic heterocycles. The summed E-state index contributed by atoms with van der Waals surface area (Å²) in [5.74, 6) is 0.433. The molecule has 1 amide bonds. The fourth-order valence-electron chi connectivity index (χ4n) is 4.00. The zero-order valence-corrected chi connectivity index (χ0v) is 19.9. The largest absolute Gasteiger partial charge is 0.315 e. The first-order chi connectivity index (χ1) is 15.7. The van der Waals surface area contributed by atoms with Gasteiger partial charge in [-0.1, -0.05) is 30.3 Å². The van der Waals surface area contributed by atoms with E-state index < -0.39 is 0 Å². The van der Waals surface area contributed by atoms with Crippen LogP contribution in [0.4, 0.5) is 5.82 Å². The van der Waals surface area contributed by atoms with Gasteiger partial charge in [0.05, 0.1) is 21.8 Å². The smallest absolute Gasteiger partial charge is 0.278 e. The Hall–Kier alpha value is -2.20. The average molecular weight is 487 g/mol. The van der Waals surface area contributed by atoms with Crippen LogP contribution >= 0.6 is 34.7 Å². The summed E-state index contributed by atoms with van der Waals surface area (Å²) in [4.78, 5) is 24.7. The van der Waals surface area contributed by atoms with Crippen molar-refractivity contribution in [3.05, 3.63) is 52.3 Å². The minimum absolute atomic E-state index is 0.0175. The molecule has 0 aromatic carbocycles. The number of piperidine rings is 1. The number of halogens is 1. The molecule has 0 spiro atoms. The topological polar surface area (TPSA) is 82.5 Å². The Morgan fingerprint density at radius 3 is 2.94 bits per heavy atom. The number of thiophene rings is 1. The van der Waals surface area contributed by atoms with E-state index in [9.17, 15) is 4.79 Å². The number of hydrazone groups is 1. The maximum atomic E-state index is 13.8. The van der Waals surface area contributed by atoms with Gasteiger partial charge in [-0.2, -0.15) is 5.10 Å². The van der Waals surface area contributed by atoms with E-state index in [1.165, 1.54) is 0 Å². The molecule has 2 aliphatic rings. The summed E-state index contributed by atoms with van der Waals surface area (Å²) in [5.41, 5.74) is 4.40. The molecule has 166 valence electrons. The number of hydrogen-bond acceptors (Lipinski definition) is 8. The van der Waals surface area contributed by atoms with Crippen LogP contribution in [0.15, 0.2) is 41.1 Å². The zero-order chi connectivity index (χ0) is 22.1. The summed E-state index contributed by atoms with van der Waals surface area (Å²) >= 11 is 9.74. The molecule has 7 nitrogen and oxygen atoms in total. The van der Waals surface area contributed by atoms with Gasteiger partial charge in [0.1, 0.15) is 16.6 Å². The molecule has 10 heteroatoms. The van der Waals surface area contributed by atoms with Gasteiger partial charge < -0.3 is 5.32 Å². The number of thioether (sulfide) groups is 1. The molecule has 32 heavy (non-hydrogen) atoms. The van der Waals surface area contributed by atoms with Crippen molar-refractivity contribution >= 4 is 61.6 Å². The molecule has 2 N–H and O–H groups in total. The number of hydrogen-bond donors (Lipinski definition) is 2. The van der Waals surface area contributed by atoms with Crippen LogP contribution < -0.4 is 15.6 Å². The third-order valence-electron chi connectivity index (χ3n) is 5.67. The highest BCUT2D eigenvalue weighted by Crippen LogP contribution is 2.37. The number of fused-ring (bicyclic) bond motifs is 1. The van der Waals surface area contributed by atoms with Gasteiger partial charge in [-0.15, -0.1) is 11.3 Å². The second kappa shape index (κ2) is 9.35. The van der Waals surface area contributed by atoms with Gasteiger partial charge >= 0.3 is 0 Å². The third kappa shape index (κ3) is 4.10. The molecular formula is C22H23ClN6OS2. The van der Waals surface area contributed by atoms with E-state index in [1.807, 2.05) is 17.5 Å².